The number of para-hydroxylation sites is 1. The molecule has 1 amide bonds. The molecule has 0 bridgehead atoms. The lowest BCUT2D eigenvalue weighted by atomic mass is 10.1. The van der Waals surface area contributed by atoms with Gasteiger partial charge >= 0.3 is 0 Å². The second kappa shape index (κ2) is 10.2. The van der Waals surface area contributed by atoms with Gasteiger partial charge in [0.1, 0.15) is 12.4 Å². The maximum atomic E-state index is 12.0. The first-order chi connectivity index (χ1) is 12.7. The summed E-state index contributed by atoms with van der Waals surface area (Å²) >= 11 is 0. The predicted molar refractivity (Wildman–Crippen MR) is 99.4 cm³/mol. The van der Waals surface area contributed by atoms with Crippen LogP contribution in [0.3, 0.4) is 0 Å². The van der Waals surface area contributed by atoms with Crippen LogP contribution in [0.25, 0.3) is 0 Å². The van der Waals surface area contributed by atoms with E-state index in [0.717, 1.165) is 11.3 Å². The van der Waals surface area contributed by atoms with Gasteiger partial charge in [0.2, 0.25) is 11.7 Å². The number of ether oxygens (including phenoxy) is 4. The van der Waals surface area contributed by atoms with Crippen molar-refractivity contribution >= 4 is 5.91 Å². The third-order valence-electron chi connectivity index (χ3n) is 3.84. The fourth-order valence-corrected chi connectivity index (χ4v) is 2.57. The Kier molecular flexibility index (Phi) is 7.61. The normalized spacial score (nSPS) is 10.1. The molecular weight excluding hydrogens is 334 g/mol. The lowest BCUT2D eigenvalue weighted by molar-refractivity contribution is -0.121. The van der Waals surface area contributed by atoms with E-state index < -0.39 is 0 Å². The monoisotopic (exact) mass is 359 g/mol. The van der Waals surface area contributed by atoms with Gasteiger partial charge in [0, 0.05) is 6.42 Å². The smallest absolute Gasteiger partial charge is 0.220 e. The molecule has 0 saturated heterocycles. The first-order valence-corrected chi connectivity index (χ1v) is 8.42. The number of carbonyl (C=O) groups is 1. The van der Waals surface area contributed by atoms with Gasteiger partial charge in [-0.1, -0.05) is 24.3 Å². The summed E-state index contributed by atoms with van der Waals surface area (Å²) in [5.41, 5.74) is 0.890. The summed E-state index contributed by atoms with van der Waals surface area (Å²) in [4.78, 5) is 12.0. The summed E-state index contributed by atoms with van der Waals surface area (Å²) in [6, 6.07) is 13.2. The molecule has 0 aliphatic heterocycles. The van der Waals surface area contributed by atoms with Crippen molar-refractivity contribution in [1.29, 1.82) is 0 Å². The van der Waals surface area contributed by atoms with Crippen LogP contribution < -0.4 is 24.3 Å². The van der Waals surface area contributed by atoms with Crippen molar-refractivity contribution < 1.29 is 23.7 Å². The highest BCUT2D eigenvalue weighted by Crippen LogP contribution is 2.40. The lowest BCUT2D eigenvalue weighted by Gasteiger charge is -2.15. The van der Waals surface area contributed by atoms with Crippen LogP contribution in [0.1, 0.15) is 12.0 Å². The van der Waals surface area contributed by atoms with E-state index in [-0.39, 0.29) is 5.91 Å². The first kappa shape index (κ1) is 19.4. The zero-order valence-corrected chi connectivity index (χ0v) is 15.4. The van der Waals surface area contributed by atoms with Crippen LogP contribution in [0, 0.1) is 0 Å². The summed E-state index contributed by atoms with van der Waals surface area (Å²) in [5, 5.41) is 2.85. The zero-order valence-electron chi connectivity index (χ0n) is 15.4. The number of aryl methyl sites for hydroxylation is 1. The van der Waals surface area contributed by atoms with Gasteiger partial charge in [0.15, 0.2) is 11.5 Å². The first-order valence-electron chi connectivity index (χ1n) is 8.42. The fraction of sp³-hybridized carbons (Fsp3) is 0.350. The number of hydrogen-bond acceptors (Lipinski definition) is 5. The van der Waals surface area contributed by atoms with E-state index in [2.05, 4.69) is 5.32 Å². The van der Waals surface area contributed by atoms with Crippen LogP contribution in [0.4, 0.5) is 0 Å². The number of amides is 1. The van der Waals surface area contributed by atoms with E-state index in [1.165, 1.54) is 0 Å². The quantitative estimate of drug-likeness (QED) is 0.661. The highest BCUT2D eigenvalue weighted by atomic mass is 16.5. The minimum Gasteiger partial charge on any atom is -0.493 e. The molecule has 0 aromatic heterocycles. The molecule has 0 unspecified atom stereocenters. The van der Waals surface area contributed by atoms with Crippen molar-refractivity contribution in [2.45, 2.75) is 12.8 Å². The molecule has 26 heavy (non-hydrogen) atoms. The number of nitrogens with one attached hydrogen (secondary N) is 1. The van der Waals surface area contributed by atoms with Crippen molar-refractivity contribution in [3.8, 4) is 23.0 Å². The molecule has 140 valence electrons. The Balaban J connectivity index is 1.81. The van der Waals surface area contributed by atoms with E-state index in [9.17, 15) is 4.79 Å². The van der Waals surface area contributed by atoms with Crippen LogP contribution in [0.5, 0.6) is 23.0 Å². The molecule has 0 heterocycles. The minimum absolute atomic E-state index is 0.0431. The van der Waals surface area contributed by atoms with Gasteiger partial charge < -0.3 is 24.3 Å². The van der Waals surface area contributed by atoms with Crippen molar-refractivity contribution in [1.82, 2.24) is 5.32 Å². The molecule has 0 aliphatic rings. The second-order valence-electron chi connectivity index (χ2n) is 5.50. The summed E-state index contributed by atoms with van der Waals surface area (Å²) < 4.78 is 21.6. The molecule has 6 nitrogen and oxygen atoms in total. The SMILES string of the molecule is COc1ccc(CCC(=O)NCCOc2ccccc2)c(OC)c1OC. The Hall–Kier alpha value is -2.89. The maximum Gasteiger partial charge on any atom is 0.220 e. The molecule has 0 radical (unpaired) electrons. The van der Waals surface area contributed by atoms with Crippen molar-refractivity contribution in [3.05, 3.63) is 48.0 Å². The van der Waals surface area contributed by atoms with Crippen LogP contribution in [0.15, 0.2) is 42.5 Å². The second-order valence-corrected chi connectivity index (χ2v) is 5.50. The van der Waals surface area contributed by atoms with Crippen molar-refractivity contribution in [2.24, 2.45) is 0 Å². The largest absolute Gasteiger partial charge is 0.493 e. The molecule has 0 spiro atoms. The zero-order chi connectivity index (χ0) is 18.8. The molecule has 0 saturated carbocycles. The Morgan fingerprint density at radius 3 is 2.31 bits per heavy atom. The molecule has 1 N–H and O–H groups in total. The Morgan fingerprint density at radius 2 is 1.65 bits per heavy atom. The third-order valence-corrected chi connectivity index (χ3v) is 3.84. The van der Waals surface area contributed by atoms with Gasteiger partial charge in [-0.25, -0.2) is 0 Å². The topological polar surface area (TPSA) is 66.0 Å². The van der Waals surface area contributed by atoms with Gasteiger partial charge in [-0.05, 0) is 30.2 Å². The van der Waals surface area contributed by atoms with E-state index in [0.29, 0.717) is 43.2 Å². The van der Waals surface area contributed by atoms with Crippen LogP contribution in [-0.2, 0) is 11.2 Å². The standard InChI is InChI=1S/C20H25NO5/c1-23-17-11-9-15(19(24-2)20(17)25-3)10-12-18(22)21-13-14-26-16-7-5-4-6-8-16/h4-9,11H,10,12-14H2,1-3H3,(H,21,22). The Labute approximate surface area is 154 Å². The van der Waals surface area contributed by atoms with E-state index in [1.807, 2.05) is 42.5 Å². The van der Waals surface area contributed by atoms with Crippen molar-refractivity contribution in [3.63, 3.8) is 0 Å². The molecular formula is C20H25NO5. The van der Waals surface area contributed by atoms with Crippen LogP contribution in [-0.4, -0.2) is 40.4 Å². The van der Waals surface area contributed by atoms with E-state index >= 15 is 0 Å². The highest BCUT2D eigenvalue weighted by Gasteiger charge is 2.16. The number of rotatable bonds is 10. The fourth-order valence-electron chi connectivity index (χ4n) is 2.57. The lowest BCUT2D eigenvalue weighted by Crippen LogP contribution is -2.28. The van der Waals surface area contributed by atoms with Gasteiger partial charge in [-0.15, -0.1) is 0 Å². The van der Waals surface area contributed by atoms with E-state index in [4.69, 9.17) is 18.9 Å². The van der Waals surface area contributed by atoms with Crippen molar-refractivity contribution in [2.75, 3.05) is 34.5 Å². The van der Waals surface area contributed by atoms with Gasteiger partial charge in [0.25, 0.3) is 0 Å². The Morgan fingerprint density at radius 1 is 0.923 bits per heavy atom. The molecule has 2 rings (SSSR count). The molecule has 2 aromatic rings. The van der Waals surface area contributed by atoms with Gasteiger partial charge in [-0.3, -0.25) is 4.79 Å². The molecule has 0 fully saturated rings. The molecule has 2 aromatic carbocycles. The molecule has 0 atom stereocenters. The number of carbonyl (C=O) groups excluding carboxylic acids is 1. The average Bonchev–Trinajstić information content (AvgIpc) is 2.69. The summed E-state index contributed by atoms with van der Waals surface area (Å²) in [5.74, 6) is 2.46. The average molecular weight is 359 g/mol. The van der Waals surface area contributed by atoms with Crippen LogP contribution in [0.2, 0.25) is 0 Å². The van der Waals surface area contributed by atoms with Crippen LogP contribution >= 0.6 is 0 Å². The number of methoxy groups -OCH3 is 3. The number of hydrogen-bond donors (Lipinski definition) is 1. The number of benzene rings is 2. The Bertz CT molecular complexity index is 703. The van der Waals surface area contributed by atoms with Gasteiger partial charge in [0.05, 0.1) is 27.9 Å². The minimum atomic E-state index is -0.0431. The predicted octanol–water partition coefficient (Wildman–Crippen LogP) is 2.84. The van der Waals surface area contributed by atoms with Gasteiger partial charge in [-0.2, -0.15) is 0 Å². The van der Waals surface area contributed by atoms with E-state index in [1.54, 1.807) is 21.3 Å². The maximum absolute atomic E-state index is 12.0. The summed E-state index contributed by atoms with van der Waals surface area (Å²) in [6.45, 7) is 0.881. The summed E-state index contributed by atoms with van der Waals surface area (Å²) in [6.07, 6.45) is 0.881. The highest BCUT2D eigenvalue weighted by molar-refractivity contribution is 5.76. The summed E-state index contributed by atoms with van der Waals surface area (Å²) in [7, 11) is 4.70. The molecule has 0 aliphatic carbocycles. The third kappa shape index (κ3) is 5.31. The molecule has 6 heteroatoms.